The third kappa shape index (κ3) is 3.79. The smallest absolute Gasteiger partial charge is 0.124 e. The Kier molecular flexibility index (Phi) is 5.68. The van der Waals surface area contributed by atoms with Crippen LogP contribution in [0.2, 0.25) is 5.02 Å². The predicted molar refractivity (Wildman–Crippen MR) is 91.9 cm³/mol. The molecule has 0 aliphatic rings. The molecule has 0 saturated heterocycles. The van der Waals surface area contributed by atoms with Gasteiger partial charge in [-0.05, 0) is 56.6 Å². The molecule has 0 fully saturated rings. The SMILES string of the molecule is CCCNC(c1cc(C)c(C)s1)c1cc(Cl)ccc1OC. The number of methoxy groups -OCH3 is 1. The van der Waals surface area contributed by atoms with Crippen molar-refractivity contribution < 1.29 is 4.74 Å². The molecule has 114 valence electrons. The van der Waals surface area contributed by atoms with Crippen molar-refractivity contribution in [3.63, 3.8) is 0 Å². The summed E-state index contributed by atoms with van der Waals surface area (Å²) in [6, 6.07) is 8.18. The summed E-state index contributed by atoms with van der Waals surface area (Å²) < 4.78 is 5.53. The molecule has 0 amide bonds. The molecule has 1 N–H and O–H groups in total. The monoisotopic (exact) mass is 323 g/mol. The second-order valence-electron chi connectivity index (χ2n) is 5.16. The zero-order chi connectivity index (χ0) is 15.4. The van der Waals surface area contributed by atoms with Gasteiger partial charge in [-0.1, -0.05) is 18.5 Å². The first kappa shape index (κ1) is 16.3. The van der Waals surface area contributed by atoms with Gasteiger partial charge in [-0.15, -0.1) is 11.3 Å². The largest absolute Gasteiger partial charge is 0.496 e. The van der Waals surface area contributed by atoms with E-state index in [1.165, 1.54) is 15.3 Å². The van der Waals surface area contributed by atoms with Gasteiger partial charge in [0.15, 0.2) is 0 Å². The molecule has 0 aliphatic carbocycles. The number of thiophene rings is 1. The Morgan fingerprint density at radius 1 is 1.29 bits per heavy atom. The summed E-state index contributed by atoms with van der Waals surface area (Å²) in [6.07, 6.45) is 1.09. The zero-order valence-corrected chi connectivity index (χ0v) is 14.6. The molecule has 2 nitrogen and oxygen atoms in total. The highest BCUT2D eigenvalue weighted by Crippen LogP contribution is 2.36. The van der Waals surface area contributed by atoms with Gasteiger partial charge in [0.05, 0.1) is 13.2 Å². The van der Waals surface area contributed by atoms with Crippen molar-refractivity contribution in [1.82, 2.24) is 5.32 Å². The maximum atomic E-state index is 6.20. The number of benzene rings is 1. The van der Waals surface area contributed by atoms with Gasteiger partial charge in [0.25, 0.3) is 0 Å². The summed E-state index contributed by atoms with van der Waals surface area (Å²) >= 11 is 8.03. The molecule has 0 radical (unpaired) electrons. The molecule has 1 atom stereocenters. The lowest BCUT2D eigenvalue weighted by molar-refractivity contribution is 0.404. The van der Waals surface area contributed by atoms with Crippen molar-refractivity contribution in [1.29, 1.82) is 0 Å². The molecule has 1 aromatic carbocycles. The number of hydrogen-bond acceptors (Lipinski definition) is 3. The van der Waals surface area contributed by atoms with E-state index in [-0.39, 0.29) is 6.04 Å². The first-order chi connectivity index (χ1) is 10.1. The van der Waals surface area contributed by atoms with Crippen LogP contribution in [0.5, 0.6) is 5.75 Å². The van der Waals surface area contributed by atoms with Crippen molar-refractivity contribution >= 4 is 22.9 Å². The lowest BCUT2D eigenvalue weighted by Crippen LogP contribution is -2.23. The lowest BCUT2D eigenvalue weighted by atomic mass is 10.0. The van der Waals surface area contributed by atoms with Crippen LogP contribution in [0, 0.1) is 13.8 Å². The van der Waals surface area contributed by atoms with Crippen LogP contribution in [0.3, 0.4) is 0 Å². The first-order valence-corrected chi connectivity index (χ1v) is 8.40. The van der Waals surface area contributed by atoms with E-state index in [0.29, 0.717) is 0 Å². The lowest BCUT2D eigenvalue weighted by Gasteiger charge is -2.20. The van der Waals surface area contributed by atoms with E-state index in [9.17, 15) is 0 Å². The van der Waals surface area contributed by atoms with E-state index < -0.39 is 0 Å². The highest BCUT2D eigenvalue weighted by atomic mass is 35.5. The third-order valence-electron chi connectivity index (χ3n) is 3.57. The summed E-state index contributed by atoms with van der Waals surface area (Å²) in [6.45, 7) is 7.44. The van der Waals surface area contributed by atoms with Crippen LogP contribution >= 0.6 is 22.9 Å². The van der Waals surface area contributed by atoms with Crippen LogP contribution in [0.4, 0.5) is 0 Å². The number of aryl methyl sites for hydroxylation is 2. The molecule has 0 saturated carbocycles. The zero-order valence-electron chi connectivity index (χ0n) is 13.0. The minimum Gasteiger partial charge on any atom is -0.496 e. The van der Waals surface area contributed by atoms with E-state index in [1.54, 1.807) is 7.11 Å². The van der Waals surface area contributed by atoms with Gasteiger partial charge in [-0.3, -0.25) is 0 Å². The Morgan fingerprint density at radius 3 is 2.62 bits per heavy atom. The molecule has 4 heteroatoms. The summed E-state index contributed by atoms with van der Waals surface area (Å²) in [5.41, 5.74) is 2.43. The second kappa shape index (κ2) is 7.30. The van der Waals surface area contributed by atoms with E-state index in [4.69, 9.17) is 16.3 Å². The first-order valence-electron chi connectivity index (χ1n) is 7.20. The minimum atomic E-state index is 0.121. The van der Waals surface area contributed by atoms with Gasteiger partial charge in [-0.25, -0.2) is 0 Å². The molecule has 1 aromatic heterocycles. The molecule has 1 heterocycles. The maximum absolute atomic E-state index is 6.20. The summed E-state index contributed by atoms with van der Waals surface area (Å²) in [7, 11) is 1.70. The van der Waals surface area contributed by atoms with E-state index in [1.807, 2.05) is 29.5 Å². The van der Waals surface area contributed by atoms with Crippen molar-refractivity contribution in [2.75, 3.05) is 13.7 Å². The highest BCUT2D eigenvalue weighted by Gasteiger charge is 2.20. The van der Waals surface area contributed by atoms with Crippen molar-refractivity contribution in [3.8, 4) is 5.75 Å². The van der Waals surface area contributed by atoms with Crippen LogP contribution in [0.15, 0.2) is 24.3 Å². The van der Waals surface area contributed by atoms with Crippen molar-refractivity contribution in [2.24, 2.45) is 0 Å². The molecule has 0 spiro atoms. The highest BCUT2D eigenvalue weighted by molar-refractivity contribution is 7.12. The van der Waals surface area contributed by atoms with Crippen molar-refractivity contribution in [2.45, 2.75) is 33.2 Å². The topological polar surface area (TPSA) is 21.3 Å². The Balaban J connectivity index is 2.47. The molecule has 21 heavy (non-hydrogen) atoms. The Morgan fingerprint density at radius 2 is 2.05 bits per heavy atom. The molecule has 2 aromatic rings. The van der Waals surface area contributed by atoms with E-state index in [2.05, 4.69) is 32.2 Å². The number of nitrogens with one attached hydrogen (secondary N) is 1. The van der Waals surface area contributed by atoms with Gasteiger partial charge in [-0.2, -0.15) is 0 Å². The van der Waals surface area contributed by atoms with E-state index in [0.717, 1.165) is 29.3 Å². The molecular formula is C17H22ClNOS. The standard InChI is InChI=1S/C17H22ClNOS/c1-5-8-19-17(16-9-11(2)12(3)21-16)14-10-13(18)6-7-15(14)20-4/h6-7,9-10,17,19H,5,8H2,1-4H3. The number of halogens is 1. The second-order valence-corrected chi connectivity index (χ2v) is 6.89. The molecule has 2 rings (SSSR count). The van der Waals surface area contributed by atoms with Gasteiger partial charge in [0, 0.05) is 20.3 Å². The molecule has 0 aliphatic heterocycles. The average Bonchev–Trinajstić information content (AvgIpc) is 2.79. The van der Waals surface area contributed by atoms with Crippen LogP contribution < -0.4 is 10.1 Å². The Hall–Kier alpha value is -1.03. The summed E-state index contributed by atoms with van der Waals surface area (Å²) in [5, 5.41) is 4.35. The van der Waals surface area contributed by atoms with Gasteiger partial charge < -0.3 is 10.1 Å². The Labute approximate surface area is 136 Å². The van der Waals surface area contributed by atoms with E-state index >= 15 is 0 Å². The number of hydrogen-bond donors (Lipinski definition) is 1. The third-order valence-corrected chi connectivity index (χ3v) is 5.02. The maximum Gasteiger partial charge on any atom is 0.124 e. The Bertz CT molecular complexity index is 589. The normalized spacial score (nSPS) is 12.4. The minimum absolute atomic E-state index is 0.121. The fourth-order valence-electron chi connectivity index (χ4n) is 2.33. The molecular weight excluding hydrogens is 302 g/mol. The van der Waals surface area contributed by atoms with Crippen LogP contribution in [0.25, 0.3) is 0 Å². The average molecular weight is 324 g/mol. The summed E-state index contributed by atoms with van der Waals surface area (Å²) in [4.78, 5) is 2.66. The van der Waals surface area contributed by atoms with Crippen LogP contribution in [0.1, 0.15) is 40.3 Å². The summed E-state index contributed by atoms with van der Waals surface area (Å²) in [5.74, 6) is 0.872. The fourth-order valence-corrected chi connectivity index (χ4v) is 3.65. The molecule has 0 bridgehead atoms. The van der Waals surface area contributed by atoms with Crippen LogP contribution in [-0.4, -0.2) is 13.7 Å². The van der Waals surface area contributed by atoms with Gasteiger partial charge in [0.2, 0.25) is 0 Å². The predicted octanol–water partition coefficient (Wildman–Crippen LogP) is 5.12. The number of ether oxygens (including phenoxy) is 1. The number of rotatable bonds is 6. The molecule has 1 unspecified atom stereocenters. The fraction of sp³-hybridized carbons (Fsp3) is 0.412. The van der Waals surface area contributed by atoms with Crippen molar-refractivity contribution in [3.05, 3.63) is 50.2 Å². The van der Waals surface area contributed by atoms with Crippen LogP contribution in [-0.2, 0) is 0 Å². The van der Waals surface area contributed by atoms with Gasteiger partial charge in [0.1, 0.15) is 5.75 Å². The van der Waals surface area contributed by atoms with Gasteiger partial charge >= 0.3 is 0 Å². The quantitative estimate of drug-likeness (QED) is 0.797.